The number of nitrogens with zero attached hydrogens (tertiary/aromatic N) is 2. The van der Waals surface area contributed by atoms with Gasteiger partial charge in [0.1, 0.15) is 5.69 Å². The third-order valence-corrected chi connectivity index (χ3v) is 4.61. The molecule has 1 atom stereocenters. The van der Waals surface area contributed by atoms with E-state index in [2.05, 4.69) is 58.0 Å². The standard InChI is InChI=1S/C16H11Br3N2O2/c1-9(22)14(16(23)10-5-3-2-4-6-10)20-21-15-12(18)7-11(17)8-13(15)19/h2-8,14H,1H3. The van der Waals surface area contributed by atoms with Crippen molar-refractivity contribution in [3.63, 3.8) is 0 Å². The Hall–Kier alpha value is -1.18. The van der Waals surface area contributed by atoms with Gasteiger partial charge in [-0.1, -0.05) is 46.3 Å². The molecule has 118 valence electrons. The van der Waals surface area contributed by atoms with Gasteiger partial charge < -0.3 is 0 Å². The highest BCUT2D eigenvalue weighted by Gasteiger charge is 2.24. The summed E-state index contributed by atoms with van der Waals surface area (Å²) in [5, 5.41) is 8.06. The molecule has 2 aromatic rings. The molecule has 0 saturated carbocycles. The van der Waals surface area contributed by atoms with Gasteiger partial charge in [0.05, 0.1) is 0 Å². The number of carbonyl (C=O) groups is 2. The van der Waals surface area contributed by atoms with Crippen LogP contribution in [0.5, 0.6) is 0 Å². The summed E-state index contributed by atoms with van der Waals surface area (Å²) in [6.07, 6.45) is 0. The van der Waals surface area contributed by atoms with Gasteiger partial charge in [0.25, 0.3) is 0 Å². The van der Waals surface area contributed by atoms with Crippen LogP contribution < -0.4 is 0 Å². The van der Waals surface area contributed by atoms with Crippen molar-refractivity contribution in [1.29, 1.82) is 0 Å². The fourth-order valence-electron chi connectivity index (χ4n) is 1.82. The predicted molar refractivity (Wildman–Crippen MR) is 99.3 cm³/mol. The first-order valence-electron chi connectivity index (χ1n) is 6.55. The molecule has 0 aromatic heterocycles. The van der Waals surface area contributed by atoms with Gasteiger partial charge in [0.2, 0.25) is 0 Å². The van der Waals surface area contributed by atoms with Gasteiger partial charge in [-0.05, 0) is 50.9 Å². The lowest BCUT2D eigenvalue weighted by Gasteiger charge is -2.08. The monoisotopic (exact) mass is 500 g/mol. The lowest BCUT2D eigenvalue weighted by molar-refractivity contribution is -0.117. The Morgan fingerprint density at radius 3 is 2.09 bits per heavy atom. The minimum absolute atomic E-state index is 0.355. The molecular formula is C16H11Br3N2O2. The zero-order valence-electron chi connectivity index (χ0n) is 12.0. The minimum atomic E-state index is -1.15. The van der Waals surface area contributed by atoms with E-state index in [1.165, 1.54) is 6.92 Å². The van der Waals surface area contributed by atoms with Gasteiger partial charge in [-0.25, -0.2) is 0 Å². The highest BCUT2D eigenvalue weighted by atomic mass is 79.9. The number of benzene rings is 2. The average Bonchev–Trinajstić information content (AvgIpc) is 2.50. The maximum Gasteiger partial charge on any atom is 0.196 e. The van der Waals surface area contributed by atoms with Crippen LogP contribution in [-0.2, 0) is 4.79 Å². The second-order valence-electron chi connectivity index (χ2n) is 4.68. The molecular weight excluding hydrogens is 492 g/mol. The number of ketones is 2. The van der Waals surface area contributed by atoms with Crippen LogP contribution in [0.25, 0.3) is 0 Å². The van der Waals surface area contributed by atoms with Gasteiger partial charge in [-0.3, -0.25) is 9.59 Å². The molecule has 0 fully saturated rings. The van der Waals surface area contributed by atoms with Crippen LogP contribution in [0.4, 0.5) is 5.69 Å². The molecule has 7 heteroatoms. The van der Waals surface area contributed by atoms with Crippen LogP contribution in [0, 0.1) is 0 Å². The average molecular weight is 503 g/mol. The second kappa shape index (κ2) is 8.08. The largest absolute Gasteiger partial charge is 0.297 e. The Balaban J connectivity index is 2.34. The summed E-state index contributed by atoms with van der Waals surface area (Å²) in [6.45, 7) is 1.33. The van der Waals surface area contributed by atoms with E-state index in [1.807, 2.05) is 0 Å². The Bertz CT molecular complexity index is 753. The molecule has 0 aliphatic heterocycles. The van der Waals surface area contributed by atoms with E-state index >= 15 is 0 Å². The fourth-order valence-corrected chi connectivity index (χ4v) is 4.24. The highest BCUT2D eigenvalue weighted by Crippen LogP contribution is 2.37. The molecule has 23 heavy (non-hydrogen) atoms. The predicted octanol–water partition coefficient (Wildman–Crippen LogP) is 5.90. The van der Waals surface area contributed by atoms with Gasteiger partial charge in [-0.2, -0.15) is 10.2 Å². The van der Waals surface area contributed by atoms with E-state index in [0.717, 1.165) is 4.47 Å². The van der Waals surface area contributed by atoms with Crippen LogP contribution in [0.2, 0.25) is 0 Å². The van der Waals surface area contributed by atoms with Crippen molar-refractivity contribution in [3.05, 3.63) is 61.4 Å². The molecule has 0 saturated heterocycles. The van der Waals surface area contributed by atoms with Crippen molar-refractivity contribution >= 4 is 65.0 Å². The smallest absolute Gasteiger partial charge is 0.196 e. The van der Waals surface area contributed by atoms with Crippen molar-refractivity contribution < 1.29 is 9.59 Å². The third-order valence-electron chi connectivity index (χ3n) is 2.95. The number of halogens is 3. The van der Waals surface area contributed by atoms with Crippen LogP contribution >= 0.6 is 47.8 Å². The molecule has 2 aromatic carbocycles. The molecule has 4 nitrogen and oxygen atoms in total. The van der Waals surface area contributed by atoms with E-state index < -0.39 is 6.04 Å². The second-order valence-corrected chi connectivity index (χ2v) is 7.30. The molecule has 0 aliphatic rings. The quantitative estimate of drug-likeness (QED) is 0.290. The van der Waals surface area contributed by atoms with Crippen molar-refractivity contribution in [2.45, 2.75) is 13.0 Å². The first-order valence-corrected chi connectivity index (χ1v) is 8.93. The van der Waals surface area contributed by atoms with Gasteiger partial charge >= 0.3 is 0 Å². The summed E-state index contributed by atoms with van der Waals surface area (Å²) in [5.74, 6) is -0.724. The lowest BCUT2D eigenvalue weighted by Crippen LogP contribution is -2.26. The number of hydrogen-bond acceptors (Lipinski definition) is 4. The summed E-state index contributed by atoms with van der Waals surface area (Å²) in [7, 11) is 0. The first-order chi connectivity index (χ1) is 10.9. The van der Waals surface area contributed by atoms with Crippen LogP contribution in [0.3, 0.4) is 0 Å². The van der Waals surface area contributed by atoms with E-state index in [4.69, 9.17) is 0 Å². The van der Waals surface area contributed by atoms with E-state index in [-0.39, 0.29) is 11.6 Å². The molecule has 0 aliphatic carbocycles. The Morgan fingerprint density at radius 2 is 1.57 bits per heavy atom. The van der Waals surface area contributed by atoms with Crippen LogP contribution in [0.1, 0.15) is 17.3 Å². The molecule has 0 bridgehead atoms. The van der Waals surface area contributed by atoms with Crippen LogP contribution in [0.15, 0.2) is 66.1 Å². The summed E-state index contributed by atoms with van der Waals surface area (Å²) >= 11 is 10.1. The molecule has 2 rings (SSSR count). The van der Waals surface area contributed by atoms with E-state index in [1.54, 1.807) is 42.5 Å². The maximum atomic E-state index is 12.4. The van der Waals surface area contributed by atoms with Crippen LogP contribution in [-0.4, -0.2) is 17.6 Å². The third kappa shape index (κ3) is 4.65. The zero-order valence-corrected chi connectivity index (χ0v) is 16.7. The zero-order chi connectivity index (χ0) is 17.0. The molecule has 1 unspecified atom stereocenters. The SMILES string of the molecule is CC(=O)C(N=Nc1c(Br)cc(Br)cc1Br)C(=O)c1ccccc1. The Morgan fingerprint density at radius 1 is 1.00 bits per heavy atom. The highest BCUT2D eigenvalue weighted by molar-refractivity contribution is 9.11. The summed E-state index contributed by atoms with van der Waals surface area (Å²) in [6, 6.07) is 11.0. The first kappa shape index (κ1) is 18.2. The molecule has 0 amide bonds. The Labute approximate surface area is 158 Å². The summed E-state index contributed by atoms with van der Waals surface area (Å²) < 4.78 is 2.24. The minimum Gasteiger partial charge on any atom is -0.297 e. The Kier molecular flexibility index (Phi) is 6.38. The fraction of sp³-hybridized carbons (Fsp3) is 0.125. The molecule has 0 radical (unpaired) electrons. The number of azo groups is 1. The maximum absolute atomic E-state index is 12.4. The molecule has 0 spiro atoms. The van der Waals surface area contributed by atoms with Crippen molar-refractivity contribution in [3.8, 4) is 0 Å². The molecule has 0 N–H and O–H groups in total. The number of hydrogen-bond donors (Lipinski definition) is 0. The van der Waals surface area contributed by atoms with E-state index in [9.17, 15) is 9.59 Å². The number of carbonyl (C=O) groups excluding carboxylic acids is 2. The number of Topliss-reactive ketones (excluding diaryl/α,β-unsaturated/α-hetero) is 2. The van der Waals surface area contributed by atoms with Gasteiger partial charge in [-0.15, -0.1) is 0 Å². The van der Waals surface area contributed by atoms with Crippen molar-refractivity contribution in [2.75, 3.05) is 0 Å². The number of rotatable bonds is 5. The van der Waals surface area contributed by atoms with Crippen molar-refractivity contribution in [2.24, 2.45) is 10.2 Å². The topological polar surface area (TPSA) is 58.9 Å². The van der Waals surface area contributed by atoms with Crippen molar-refractivity contribution in [1.82, 2.24) is 0 Å². The normalized spacial score (nSPS) is 12.3. The van der Waals surface area contributed by atoms with Gasteiger partial charge in [0, 0.05) is 19.0 Å². The van der Waals surface area contributed by atoms with E-state index in [0.29, 0.717) is 20.2 Å². The van der Waals surface area contributed by atoms with Gasteiger partial charge in [0.15, 0.2) is 17.6 Å². The molecule has 0 heterocycles. The summed E-state index contributed by atoms with van der Waals surface area (Å²) in [5.41, 5.74) is 0.945. The lowest BCUT2D eigenvalue weighted by atomic mass is 10.0. The summed E-state index contributed by atoms with van der Waals surface area (Å²) in [4.78, 5) is 24.2.